The summed E-state index contributed by atoms with van der Waals surface area (Å²) >= 11 is -0.333. The predicted molar refractivity (Wildman–Crippen MR) is 78.0 cm³/mol. The fraction of sp³-hybridized carbons (Fsp3) is 0.250. The zero-order valence-electron chi connectivity index (χ0n) is 11.9. The van der Waals surface area contributed by atoms with Crippen molar-refractivity contribution in [3.05, 3.63) is 36.8 Å². The minimum atomic E-state index is -0.333. The second-order valence-electron chi connectivity index (χ2n) is 4.93. The van der Waals surface area contributed by atoms with Crippen LogP contribution in [-0.4, -0.2) is 37.3 Å². The van der Waals surface area contributed by atoms with Crippen molar-refractivity contribution in [3.8, 4) is 0 Å². The van der Waals surface area contributed by atoms with Crippen molar-refractivity contribution in [3.63, 3.8) is 0 Å². The molecule has 3 aromatic rings. The molecule has 0 aliphatic carbocycles. The first-order valence-electron chi connectivity index (χ1n) is 6.44. The molecule has 0 bridgehead atoms. The summed E-state index contributed by atoms with van der Waals surface area (Å²) in [5.74, 6) is 0. The Balaban J connectivity index is 0.000000328. The molecule has 20 heavy (non-hydrogen) atoms. The van der Waals surface area contributed by atoms with Crippen LogP contribution in [0.4, 0.5) is 0 Å². The van der Waals surface area contributed by atoms with Gasteiger partial charge in [0.25, 0.3) is 0 Å². The Hall–Kier alpha value is -1.59. The second kappa shape index (κ2) is 7.26. The number of nitrogens with one attached hydrogen (secondary N) is 3. The molecule has 8 heteroatoms. The Kier molecular flexibility index (Phi) is 5.38. The molecule has 0 saturated carbocycles. The van der Waals surface area contributed by atoms with E-state index in [1.807, 2.05) is 18.2 Å². The zero-order chi connectivity index (χ0) is 14.4. The van der Waals surface area contributed by atoms with Gasteiger partial charge in [0.15, 0.2) is 0 Å². The van der Waals surface area contributed by atoms with Crippen LogP contribution in [0.5, 0.6) is 0 Å². The third-order valence-corrected chi connectivity index (χ3v) is 2.45. The molecule has 0 aliphatic rings. The number of aromatic nitrogens is 6. The van der Waals surface area contributed by atoms with Gasteiger partial charge in [-0.2, -0.15) is 15.3 Å². The van der Waals surface area contributed by atoms with E-state index in [9.17, 15) is 0 Å². The molecule has 0 aliphatic heterocycles. The molecular formula is C12H18BN6Ti. The monoisotopic (exact) mass is 305 g/mol. The van der Waals surface area contributed by atoms with Gasteiger partial charge in [0.2, 0.25) is 0 Å². The van der Waals surface area contributed by atoms with Gasteiger partial charge < -0.3 is 0 Å². The van der Waals surface area contributed by atoms with E-state index in [0.717, 1.165) is 16.8 Å². The SMILES string of the molecule is [CH3][Ti]([CH3])[CH3].c1cc(B(c2cc[nH]n2)c2cc[nH]n2)n[nH]1. The van der Waals surface area contributed by atoms with Crippen LogP contribution in [0.25, 0.3) is 0 Å². The van der Waals surface area contributed by atoms with E-state index in [1.165, 1.54) is 0 Å². The Morgan fingerprint density at radius 1 is 0.750 bits per heavy atom. The van der Waals surface area contributed by atoms with Gasteiger partial charge in [-0.3, -0.25) is 15.3 Å². The molecule has 3 heterocycles. The summed E-state index contributed by atoms with van der Waals surface area (Å²) in [6.07, 6.45) is 5.38. The first-order valence-corrected chi connectivity index (χ1v) is 11.1. The van der Waals surface area contributed by atoms with Crippen LogP contribution in [0.3, 0.4) is 0 Å². The van der Waals surface area contributed by atoms with Crippen LogP contribution in [0, 0.1) is 0 Å². The molecular weight excluding hydrogens is 287 g/mol. The van der Waals surface area contributed by atoms with Crippen LogP contribution in [0.15, 0.2) is 36.8 Å². The van der Waals surface area contributed by atoms with Crippen molar-refractivity contribution in [1.29, 1.82) is 0 Å². The van der Waals surface area contributed by atoms with Crippen LogP contribution in [0.2, 0.25) is 15.7 Å². The molecule has 3 N–H and O–H groups in total. The van der Waals surface area contributed by atoms with Gasteiger partial charge >= 0.3 is 40.3 Å². The van der Waals surface area contributed by atoms with Crippen molar-refractivity contribution in [2.75, 3.05) is 0 Å². The van der Waals surface area contributed by atoms with Crippen LogP contribution in [0.1, 0.15) is 0 Å². The van der Waals surface area contributed by atoms with Crippen molar-refractivity contribution < 1.29 is 17.9 Å². The molecule has 0 atom stereocenters. The van der Waals surface area contributed by atoms with Gasteiger partial charge in [-0.15, -0.1) is 0 Å². The van der Waals surface area contributed by atoms with Crippen molar-refractivity contribution >= 4 is 23.5 Å². The van der Waals surface area contributed by atoms with Gasteiger partial charge in [-0.25, -0.2) is 0 Å². The van der Waals surface area contributed by atoms with E-state index >= 15 is 0 Å². The molecule has 103 valence electrons. The van der Waals surface area contributed by atoms with E-state index in [2.05, 4.69) is 46.3 Å². The summed E-state index contributed by atoms with van der Waals surface area (Å²) in [5.41, 5.74) is 2.71. The summed E-state index contributed by atoms with van der Waals surface area (Å²) in [5, 5.41) is 28.0. The summed E-state index contributed by atoms with van der Waals surface area (Å²) < 4.78 is 0. The van der Waals surface area contributed by atoms with E-state index in [-0.39, 0.29) is 24.6 Å². The van der Waals surface area contributed by atoms with Crippen LogP contribution in [-0.2, 0) is 17.9 Å². The normalized spacial score (nSPS) is 9.75. The number of hydrogen-bond donors (Lipinski definition) is 3. The first kappa shape index (κ1) is 14.8. The van der Waals surface area contributed by atoms with Gasteiger partial charge in [-0.1, -0.05) is 0 Å². The average Bonchev–Trinajstić information content (AvgIpc) is 3.13. The van der Waals surface area contributed by atoms with Crippen molar-refractivity contribution in [1.82, 2.24) is 30.6 Å². The third kappa shape index (κ3) is 3.95. The molecule has 3 rings (SSSR count). The Labute approximate surface area is 124 Å². The van der Waals surface area contributed by atoms with Gasteiger partial charge in [0.1, 0.15) is 0 Å². The molecule has 6 nitrogen and oxygen atoms in total. The Morgan fingerprint density at radius 3 is 1.25 bits per heavy atom. The summed E-state index contributed by atoms with van der Waals surface area (Å²) in [4.78, 5) is 0. The fourth-order valence-corrected chi connectivity index (χ4v) is 1.75. The number of hydrogen-bond acceptors (Lipinski definition) is 3. The third-order valence-electron chi connectivity index (χ3n) is 2.45. The summed E-state index contributed by atoms with van der Waals surface area (Å²) in [6.45, 7) is -0.0382. The first-order chi connectivity index (χ1) is 9.68. The topological polar surface area (TPSA) is 86.0 Å². The Morgan fingerprint density at radius 2 is 1.05 bits per heavy atom. The van der Waals surface area contributed by atoms with E-state index in [1.54, 1.807) is 18.6 Å². The number of aromatic amines is 3. The number of H-pyrrole nitrogens is 3. The molecule has 3 aromatic heterocycles. The van der Waals surface area contributed by atoms with Gasteiger partial charge in [0, 0.05) is 35.4 Å². The maximum Gasteiger partial charge on any atom is 0.317 e. The maximum absolute atomic E-state index is 4.20. The minimum absolute atomic E-state index is 0.0382. The minimum Gasteiger partial charge on any atom is -0.286 e. The molecule has 0 radical (unpaired) electrons. The zero-order valence-corrected chi connectivity index (χ0v) is 13.4. The second-order valence-corrected chi connectivity index (χ2v) is 9.61. The van der Waals surface area contributed by atoms with Crippen LogP contribution >= 0.6 is 0 Å². The number of rotatable bonds is 3. The fourth-order valence-electron chi connectivity index (χ4n) is 1.75. The van der Waals surface area contributed by atoms with E-state index < -0.39 is 0 Å². The summed E-state index contributed by atoms with van der Waals surface area (Å²) in [7, 11) is 0. The van der Waals surface area contributed by atoms with Crippen LogP contribution < -0.4 is 16.8 Å². The Bertz CT molecular complexity index is 491. The quantitative estimate of drug-likeness (QED) is 0.601. The molecule has 0 saturated heterocycles. The molecule has 0 amide bonds. The van der Waals surface area contributed by atoms with Crippen molar-refractivity contribution in [2.24, 2.45) is 0 Å². The van der Waals surface area contributed by atoms with E-state index in [4.69, 9.17) is 0 Å². The maximum atomic E-state index is 4.20. The molecule has 0 aromatic carbocycles. The average molecular weight is 305 g/mol. The molecule has 0 spiro atoms. The molecule has 0 unspecified atom stereocenters. The van der Waals surface area contributed by atoms with Gasteiger partial charge in [0.05, 0.1) is 0 Å². The standard InChI is InChI=1S/C9H9BN6.3CH3.Ti/c1-4-11-14-7(1)10(8-2-5-12-15-8)9-3-6-13-16-9;;;;/h1-6H,(H,11,14)(H,12,15)(H,13,16);3*1H3;. The summed E-state index contributed by atoms with van der Waals surface area (Å²) in [6, 6.07) is 5.77. The predicted octanol–water partition coefficient (Wildman–Crippen LogP) is 0.121. The largest absolute Gasteiger partial charge is 0.317 e. The molecule has 0 fully saturated rings. The van der Waals surface area contributed by atoms with Crippen molar-refractivity contribution in [2.45, 2.75) is 15.7 Å². The smallest absolute Gasteiger partial charge is 0.286 e. The van der Waals surface area contributed by atoms with E-state index in [0.29, 0.717) is 0 Å². The van der Waals surface area contributed by atoms with Gasteiger partial charge in [-0.05, 0) is 18.2 Å². The number of nitrogens with zero attached hydrogens (tertiary/aromatic N) is 3.